The molecule has 0 saturated carbocycles. The van der Waals surface area contributed by atoms with E-state index in [-0.39, 0.29) is 6.42 Å². The smallest absolute Gasteiger partial charge is 0.314 e. The van der Waals surface area contributed by atoms with Gasteiger partial charge in [-0.05, 0) is 58.2 Å². The van der Waals surface area contributed by atoms with Gasteiger partial charge in [-0.3, -0.25) is 0 Å². The summed E-state index contributed by atoms with van der Waals surface area (Å²) in [5.74, 6) is 0.635. The van der Waals surface area contributed by atoms with E-state index in [0.717, 1.165) is 13.1 Å². The highest BCUT2D eigenvalue weighted by molar-refractivity contribution is 4.79. The van der Waals surface area contributed by atoms with Crippen molar-refractivity contribution in [1.82, 2.24) is 10.2 Å². The van der Waals surface area contributed by atoms with Crippen LogP contribution in [0.25, 0.3) is 0 Å². The van der Waals surface area contributed by atoms with Gasteiger partial charge in [0.15, 0.2) is 0 Å². The van der Waals surface area contributed by atoms with Gasteiger partial charge in [0.2, 0.25) is 0 Å². The topological polar surface area (TPSA) is 15.3 Å². The zero-order chi connectivity index (χ0) is 14.3. The molecule has 1 N–H and O–H groups in total. The molecule has 0 radical (unpaired) electrons. The lowest BCUT2D eigenvalue weighted by Crippen LogP contribution is -2.44. The van der Waals surface area contributed by atoms with Gasteiger partial charge in [0.1, 0.15) is 0 Å². The maximum Gasteiger partial charge on any atom is 0.389 e. The fourth-order valence-corrected chi connectivity index (χ4v) is 2.73. The van der Waals surface area contributed by atoms with Crippen LogP contribution in [-0.4, -0.2) is 43.3 Å². The first-order valence-corrected chi connectivity index (χ1v) is 7.45. The van der Waals surface area contributed by atoms with Gasteiger partial charge >= 0.3 is 6.18 Å². The first-order valence-electron chi connectivity index (χ1n) is 7.45. The molecule has 1 aliphatic rings. The van der Waals surface area contributed by atoms with Crippen LogP contribution < -0.4 is 5.32 Å². The number of likely N-dealkylation sites (tertiary alicyclic amines) is 1. The standard InChI is InChI=1S/C14H27F3N2/c1-3-19-10-6-7-13(11-19)12(2)18-9-5-4-8-14(15,16)17/h12-13,18H,3-11H2,1-2H3. The van der Waals surface area contributed by atoms with Crippen LogP contribution in [-0.2, 0) is 0 Å². The first kappa shape index (κ1) is 16.8. The Morgan fingerprint density at radius 1 is 1.32 bits per heavy atom. The van der Waals surface area contributed by atoms with E-state index in [9.17, 15) is 13.2 Å². The molecule has 2 atom stereocenters. The number of hydrogen-bond acceptors (Lipinski definition) is 2. The molecular formula is C14H27F3N2. The lowest BCUT2D eigenvalue weighted by atomic mass is 9.91. The third-order valence-corrected chi connectivity index (χ3v) is 4.05. The summed E-state index contributed by atoms with van der Waals surface area (Å²) in [4.78, 5) is 2.45. The van der Waals surface area contributed by atoms with Gasteiger partial charge in [0.25, 0.3) is 0 Å². The molecule has 0 amide bonds. The molecular weight excluding hydrogens is 253 g/mol. The molecule has 1 rings (SSSR count). The van der Waals surface area contributed by atoms with Gasteiger partial charge in [0.05, 0.1) is 0 Å². The van der Waals surface area contributed by atoms with Crippen LogP contribution in [0.4, 0.5) is 13.2 Å². The molecule has 0 aliphatic carbocycles. The van der Waals surface area contributed by atoms with Crippen molar-refractivity contribution in [3.8, 4) is 0 Å². The Morgan fingerprint density at radius 2 is 2.05 bits per heavy atom. The normalized spacial score (nSPS) is 23.5. The second kappa shape index (κ2) is 8.10. The van der Waals surface area contributed by atoms with Crippen molar-refractivity contribution in [2.75, 3.05) is 26.2 Å². The van der Waals surface area contributed by atoms with Crippen molar-refractivity contribution in [2.24, 2.45) is 5.92 Å². The Balaban J connectivity index is 2.11. The van der Waals surface area contributed by atoms with Crippen molar-refractivity contribution in [2.45, 2.75) is 58.2 Å². The third-order valence-electron chi connectivity index (χ3n) is 4.05. The average Bonchev–Trinajstić information content (AvgIpc) is 2.37. The second-order valence-corrected chi connectivity index (χ2v) is 5.61. The molecule has 0 aromatic heterocycles. The predicted octanol–water partition coefficient (Wildman–Crippen LogP) is 3.43. The molecule has 114 valence electrons. The predicted molar refractivity (Wildman–Crippen MR) is 72.2 cm³/mol. The number of halogens is 3. The van der Waals surface area contributed by atoms with Crippen LogP contribution in [0.3, 0.4) is 0 Å². The van der Waals surface area contributed by atoms with Crippen LogP contribution in [0.5, 0.6) is 0 Å². The van der Waals surface area contributed by atoms with Crippen molar-refractivity contribution in [3.63, 3.8) is 0 Å². The van der Waals surface area contributed by atoms with Crippen molar-refractivity contribution in [1.29, 1.82) is 0 Å². The summed E-state index contributed by atoms with van der Waals surface area (Å²) >= 11 is 0. The summed E-state index contributed by atoms with van der Waals surface area (Å²) in [7, 11) is 0. The van der Waals surface area contributed by atoms with E-state index < -0.39 is 12.6 Å². The minimum atomic E-state index is -4.00. The van der Waals surface area contributed by atoms with E-state index in [4.69, 9.17) is 0 Å². The van der Waals surface area contributed by atoms with E-state index in [0.29, 0.717) is 24.9 Å². The van der Waals surface area contributed by atoms with Gasteiger partial charge < -0.3 is 10.2 Å². The number of alkyl halides is 3. The highest BCUT2D eigenvalue weighted by atomic mass is 19.4. The molecule has 0 bridgehead atoms. The Bertz CT molecular complexity index is 243. The van der Waals surface area contributed by atoms with E-state index in [2.05, 4.69) is 24.1 Å². The summed E-state index contributed by atoms with van der Waals surface area (Å²) in [6, 6.07) is 0.403. The van der Waals surface area contributed by atoms with Crippen LogP contribution in [0.1, 0.15) is 46.0 Å². The van der Waals surface area contributed by atoms with E-state index >= 15 is 0 Å². The highest BCUT2D eigenvalue weighted by Crippen LogP contribution is 2.22. The summed E-state index contributed by atoms with van der Waals surface area (Å²) in [5.41, 5.74) is 0. The molecule has 2 nitrogen and oxygen atoms in total. The zero-order valence-corrected chi connectivity index (χ0v) is 12.1. The quantitative estimate of drug-likeness (QED) is 0.719. The molecule has 1 saturated heterocycles. The third kappa shape index (κ3) is 7.16. The number of piperidine rings is 1. The monoisotopic (exact) mass is 280 g/mol. The van der Waals surface area contributed by atoms with Crippen LogP contribution in [0.15, 0.2) is 0 Å². The number of nitrogens with one attached hydrogen (secondary N) is 1. The Morgan fingerprint density at radius 3 is 2.68 bits per heavy atom. The Kier molecular flexibility index (Phi) is 7.15. The largest absolute Gasteiger partial charge is 0.389 e. The molecule has 0 aromatic carbocycles. The molecule has 2 unspecified atom stereocenters. The van der Waals surface area contributed by atoms with E-state index in [1.807, 2.05) is 0 Å². The molecule has 0 aromatic rings. The number of rotatable bonds is 7. The molecule has 19 heavy (non-hydrogen) atoms. The molecule has 0 spiro atoms. The second-order valence-electron chi connectivity index (χ2n) is 5.61. The minimum absolute atomic E-state index is 0.231. The molecule has 5 heteroatoms. The summed E-state index contributed by atoms with van der Waals surface area (Å²) in [5, 5.41) is 3.39. The SMILES string of the molecule is CCN1CCCC(C(C)NCCCCC(F)(F)F)C1. The first-order chi connectivity index (χ1) is 8.92. The van der Waals surface area contributed by atoms with Gasteiger partial charge in [-0.1, -0.05) is 6.92 Å². The molecule has 1 fully saturated rings. The van der Waals surface area contributed by atoms with Gasteiger partial charge in [-0.2, -0.15) is 13.2 Å². The minimum Gasteiger partial charge on any atom is -0.314 e. The van der Waals surface area contributed by atoms with Gasteiger partial charge in [0, 0.05) is 19.0 Å². The summed E-state index contributed by atoms with van der Waals surface area (Å²) < 4.78 is 36.0. The van der Waals surface area contributed by atoms with Crippen molar-refractivity contribution in [3.05, 3.63) is 0 Å². The van der Waals surface area contributed by atoms with Gasteiger partial charge in [-0.25, -0.2) is 0 Å². The fraction of sp³-hybridized carbons (Fsp3) is 1.00. The van der Waals surface area contributed by atoms with Crippen molar-refractivity contribution < 1.29 is 13.2 Å². The van der Waals surface area contributed by atoms with E-state index in [1.165, 1.54) is 19.4 Å². The molecule has 1 aliphatic heterocycles. The van der Waals surface area contributed by atoms with Crippen LogP contribution in [0.2, 0.25) is 0 Å². The van der Waals surface area contributed by atoms with Crippen molar-refractivity contribution >= 4 is 0 Å². The lowest BCUT2D eigenvalue weighted by molar-refractivity contribution is -0.135. The maximum atomic E-state index is 12.0. The van der Waals surface area contributed by atoms with Crippen LogP contribution in [0, 0.1) is 5.92 Å². The summed E-state index contributed by atoms with van der Waals surface area (Å²) in [6.45, 7) is 8.43. The van der Waals surface area contributed by atoms with E-state index in [1.54, 1.807) is 0 Å². The lowest BCUT2D eigenvalue weighted by Gasteiger charge is -2.35. The zero-order valence-electron chi connectivity index (χ0n) is 12.1. The van der Waals surface area contributed by atoms with Gasteiger partial charge in [-0.15, -0.1) is 0 Å². The average molecular weight is 280 g/mol. The number of nitrogens with zero attached hydrogens (tertiary/aromatic N) is 1. The molecule has 1 heterocycles. The fourth-order valence-electron chi connectivity index (χ4n) is 2.73. The highest BCUT2D eigenvalue weighted by Gasteiger charge is 2.26. The van der Waals surface area contributed by atoms with Crippen LogP contribution >= 0.6 is 0 Å². The summed E-state index contributed by atoms with van der Waals surface area (Å²) in [6.07, 6.45) is -1.36. The number of hydrogen-bond donors (Lipinski definition) is 1. The Labute approximate surface area is 114 Å². The number of unbranched alkanes of at least 4 members (excludes halogenated alkanes) is 1. The Hall–Kier alpha value is -0.290. The maximum absolute atomic E-state index is 12.0.